The molecule has 0 aromatic carbocycles. The third-order valence-electron chi connectivity index (χ3n) is 10.9. The first-order valence-corrected chi connectivity index (χ1v) is 21.6. The van der Waals surface area contributed by atoms with E-state index in [1.165, 1.54) is 231 Å². The molecule has 0 fully saturated rings. The van der Waals surface area contributed by atoms with E-state index in [9.17, 15) is 0 Å². The molecule has 0 saturated heterocycles. The minimum absolute atomic E-state index is 0.952. The van der Waals surface area contributed by atoms with E-state index in [0.29, 0.717) is 0 Å². The van der Waals surface area contributed by atoms with Gasteiger partial charge in [0.1, 0.15) is 0 Å². The molecule has 0 bridgehead atoms. The molecule has 0 rings (SSSR count). The predicted octanol–water partition coefficient (Wildman–Crippen LogP) is 17.0. The zero-order valence-electron chi connectivity index (χ0n) is 32.2. The highest BCUT2D eigenvalue weighted by atomic mass is 14.1. The first-order valence-electron chi connectivity index (χ1n) is 21.6. The van der Waals surface area contributed by atoms with Gasteiger partial charge >= 0.3 is 0 Å². The van der Waals surface area contributed by atoms with Crippen molar-refractivity contribution in [1.82, 2.24) is 0 Å². The molecule has 0 aliphatic heterocycles. The van der Waals surface area contributed by atoms with Crippen molar-refractivity contribution in [3.8, 4) is 0 Å². The summed E-state index contributed by atoms with van der Waals surface area (Å²) in [5.74, 6) is 2.87. The first-order chi connectivity index (χ1) is 21.6. The number of rotatable bonds is 38. The number of hydrogen-bond acceptors (Lipinski definition) is 0. The lowest BCUT2D eigenvalue weighted by molar-refractivity contribution is 0.391. The molecule has 0 heteroatoms. The lowest BCUT2D eigenvalue weighted by Gasteiger charge is -2.14. The van der Waals surface area contributed by atoms with Crippen molar-refractivity contribution in [2.24, 2.45) is 17.8 Å². The monoisotopic (exact) mass is 619 g/mol. The fourth-order valence-corrected chi connectivity index (χ4v) is 7.43. The lowest BCUT2D eigenvalue weighted by Crippen LogP contribution is -1.99. The molecule has 0 amide bonds. The average Bonchev–Trinajstić information content (AvgIpc) is 3.01. The summed E-state index contributed by atoms with van der Waals surface area (Å²) >= 11 is 0. The van der Waals surface area contributed by atoms with Gasteiger partial charge in [-0.2, -0.15) is 0 Å². The van der Waals surface area contributed by atoms with Crippen LogP contribution in [-0.4, -0.2) is 0 Å². The normalized spacial score (nSPS) is 13.8. The van der Waals surface area contributed by atoms with Crippen molar-refractivity contribution < 1.29 is 0 Å². The highest BCUT2D eigenvalue weighted by Crippen LogP contribution is 2.23. The molecule has 0 N–H and O–H groups in total. The summed E-state index contributed by atoms with van der Waals surface area (Å²) in [4.78, 5) is 0. The van der Waals surface area contributed by atoms with E-state index < -0.39 is 0 Å². The highest BCUT2D eigenvalue weighted by molar-refractivity contribution is 4.60. The van der Waals surface area contributed by atoms with Gasteiger partial charge in [-0.05, 0) is 17.8 Å². The lowest BCUT2D eigenvalue weighted by atomic mass is 9.92. The molecule has 0 nitrogen and oxygen atoms in total. The van der Waals surface area contributed by atoms with Crippen LogP contribution in [0.15, 0.2) is 0 Å². The maximum atomic E-state index is 2.52. The van der Waals surface area contributed by atoms with E-state index >= 15 is 0 Å². The molecular formula is C44H90. The molecule has 0 aromatic rings. The SMILES string of the molecule is CCCCCCCCCCCCCCCCCCCCC(C)CCCCCCCCCC(C)CCCC(C)CCCCCC. The summed E-state index contributed by atoms with van der Waals surface area (Å²) in [6.07, 6.45) is 53.0. The molecule has 3 atom stereocenters. The van der Waals surface area contributed by atoms with Gasteiger partial charge in [0.25, 0.3) is 0 Å². The van der Waals surface area contributed by atoms with Crippen LogP contribution in [0.5, 0.6) is 0 Å². The molecule has 3 unspecified atom stereocenters. The van der Waals surface area contributed by atoms with E-state index in [1.807, 2.05) is 0 Å². The Morgan fingerprint density at radius 2 is 0.364 bits per heavy atom. The molecule has 0 heterocycles. The van der Waals surface area contributed by atoms with Crippen molar-refractivity contribution in [3.63, 3.8) is 0 Å². The summed E-state index contributed by atoms with van der Waals surface area (Å²) in [6, 6.07) is 0. The maximum absolute atomic E-state index is 2.52. The van der Waals surface area contributed by atoms with Crippen LogP contribution in [0.4, 0.5) is 0 Å². The second-order valence-corrected chi connectivity index (χ2v) is 15.9. The highest BCUT2D eigenvalue weighted by Gasteiger charge is 2.06. The van der Waals surface area contributed by atoms with Crippen LogP contribution < -0.4 is 0 Å². The third kappa shape index (κ3) is 36.5. The Balaban J connectivity index is 3.26. The van der Waals surface area contributed by atoms with Gasteiger partial charge in [0, 0.05) is 0 Å². The topological polar surface area (TPSA) is 0 Å². The van der Waals surface area contributed by atoms with Gasteiger partial charge in [-0.25, -0.2) is 0 Å². The van der Waals surface area contributed by atoms with Crippen LogP contribution >= 0.6 is 0 Å². The molecule has 0 spiro atoms. The molecule has 0 aliphatic carbocycles. The van der Waals surface area contributed by atoms with Gasteiger partial charge in [-0.3, -0.25) is 0 Å². The fraction of sp³-hybridized carbons (Fsp3) is 1.00. The first kappa shape index (κ1) is 44.0. The fourth-order valence-electron chi connectivity index (χ4n) is 7.43. The van der Waals surface area contributed by atoms with Gasteiger partial charge in [0.05, 0.1) is 0 Å². The maximum Gasteiger partial charge on any atom is -0.0443 e. The molecule has 44 heavy (non-hydrogen) atoms. The smallest absolute Gasteiger partial charge is 0.0443 e. The quantitative estimate of drug-likeness (QED) is 0.0604. The zero-order valence-corrected chi connectivity index (χ0v) is 32.2. The minimum Gasteiger partial charge on any atom is -0.0654 e. The van der Waals surface area contributed by atoms with Crippen molar-refractivity contribution in [1.29, 1.82) is 0 Å². The number of hydrogen-bond donors (Lipinski definition) is 0. The summed E-state index contributed by atoms with van der Waals surface area (Å²) in [5.41, 5.74) is 0. The van der Waals surface area contributed by atoms with Gasteiger partial charge in [-0.15, -0.1) is 0 Å². The van der Waals surface area contributed by atoms with Crippen molar-refractivity contribution in [2.75, 3.05) is 0 Å². The second-order valence-electron chi connectivity index (χ2n) is 15.9. The Morgan fingerprint density at radius 3 is 0.591 bits per heavy atom. The van der Waals surface area contributed by atoms with Crippen molar-refractivity contribution >= 4 is 0 Å². The zero-order chi connectivity index (χ0) is 32.2. The summed E-state index contributed by atoms with van der Waals surface area (Å²) in [6.45, 7) is 12.1. The average molecular weight is 619 g/mol. The predicted molar refractivity (Wildman–Crippen MR) is 205 cm³/mol. The molecule has 0 aliphatic rings. The third-order valence-corrected chi connectivity index (χ3v) is 10.9. The Hall–Kier alpha value is 0. The second kappa shape index (κ2) is 37.5. The molecule has 0 radical (unpaired) electrons. The van der Waals surface area contributed by atoms with Gasteiger partial charge in [0.2, 0.25) is 0 Å². The summed E-state index contributed by atoms with van der Waals surface area (Å²) < 4.78 is 0. The Morgan fingerprint density at radius 1 is 0.205 bits per heavy atom. The van der Waals surface area contributed by atoms with E-state index in [-0.39, 0.29) is 0 Å². The van der Waals surface area contributed by atoms with Gasteiger partial charge in [0.15, 0.2) is 0 Å². The molecule has 266 valence electrons. The van der Waals surface area contributed by atoms with Crippen LogP contribution in [-0.2, 0) is 0 Å². The molecule has 0 aromatic heterocycles. The van der Waals surface area contributed by atoms with Crippen molar-refractivity contribution in [3.05, 3.63) is 0 Å². The largest absolute Gasteiger partial charge is 0.0654 e. The Kier molecular flexibility index (Phi) is 37.5. The Labute approximate surface area is 282 Å². The minimum atomic E-state index is 0.952. The van der Waals surface area contributed by atoms with Gasteiger partial charge in [-0.1, -0.05) is 266 Å². The van der Waals surface area contributed by atoms with Crippen LogP contribution in [0.2, 0.25) is 0 Å². The van der Waals surface area contributed by atoms with Gasteiger partial charge < -0.3 is 0 Å². The Bertz CT molecular complexity index is 494. The molecule has 0 saturated carbocycles. The summed E-state index contributed by atoms with van der Waals surface area (Å²) in [7, 11) is 0. The van der Waals surface area contributed by atoms with Crippen LogP contribution in [0, 0.1) is 17.8 Å². The standard InChI is InChI=1S/C44H90/c1-6-8-10-12-13-14-15-16-17-18-19-20-21-22-23-25-28-32-37-42(3)38-33-29-26-24-27-30-34-39-44(5)41-35-40-43(4)36-31-11-9-7-2/h42-44H,6-41H2,1-5H3. The van der Waals surface area contributed by atoms with Crippen LogP contribution in [0.1, 0.15) is 266 Å². The van der Waals surface area contributed by atoms with E-state index in [1.54, 1.807) is 0 Å². The van der Waals surface area contributed by atoms with E-state index in [0.717, 1.165) is 17.8 Å². The van der Waals surface area contributed by atoms with Crippen molar-refractivity contribution in [2.45, 2.75) is 266 Å². The molecular weight excluding hydrogens is 528 g/mol. The van der Waals surface area contributed by atoms with Crippen LogP contribution in [0.3, 0.4) is 0 Å². The van der Waals surface area contributed by atoms with E-state index in [2.05, 4.69) is 34.6 Å². The summed E-state index contributed by atoms with van der Waals surface area (Å²) in [5, 5.41) is 0. The number of unbranched alkanes of at least 4 members (excludes halogenated alkanes) is 26. The van der Waals surface area contributed by atoms with Crippen LogP contribution in [0.25, 0.3) is 0 Å². The van der Waals surface area contributed by atoms with E-state index in [4.69, 9.17) is 0 Å².